The third-order valence-corrected chi connectivity index (χ3v) is 4.47. The van der Waals surface area contributed by atoms with Gasteiger partial charge in [0.1, 0.15) is 16.9 Å². The molecule has 0 atom stereocenters. The molecule has 2 heterocycles. The van der Waals surface area contributed by atoms with Crippen LogP contribution >= 0.6 is 0 Å². The number of furan rings is 1. The number of hydrogen-bond donors (Lipinski definition) is 1. The average Bonchev–Trinajstić information content (AvgIpc) is 3.07. The van der Waals surface area contributed by atoms with Crippen molar-refractivity contribution in [2.24, 2.45) is 0 Å². The molecule has 0 bridgehead atoms. The first-order valence-electron chi connectivity index (χ1n) is 8.44. The summed E-state index contributed by atoms with van der Waals surface area (Å²) in [7, 11) is 5.11. The molecule has 0 unspecified atom stereocenters. The van der Waals surface area contributed by atoms with Crippen molar-refractivity contribution in [3.05, 3.63) is 58.6 Å². The summed E-state index contributed by atoms with van der Waals surface area (Å²) in [6.07, 6.45) is 0. The van der Waals surface area contributed by atoms with Gasteiger partial charge in [0, 0.05) is 24.2 Å². The Kier molecular flexibility index (Phi) is 4.19. The number of anilines is 1. The number of aromatic amines is 1. The fourth-order valence-electron chi connectivity index (χ4n) is 3.10. The molecule has 0 aliphatic carbocycles. The highest BCUT2D eigenvalue weighted by atomic mass is 16.5. The minimum absolute atomic E-state index is 0.244. The van der Waals surface area contributed by atoms with Gasteiger partial charge in [0.05, 0.1) is 20.8 Å². The lowest BCUT2D eigenvalue weighted by Gasteiger charge is -2.20. The van der Waals surface area contributed by atoms with Gasteiger partial charge in [-0.25, -0.2) is 4.98 Å². The van der Waals surface area contributed by atoms with Crippen molar-refractivity contribution in [3.8, 4) is 11.5 Å². The van der Waals surface area contributed by atoms with Crippen LogP contribution in [0.4, 0.5) is 5.69 Å². The van der Waals surface area contributed by atoms with Gasteiger partial charge in [0.2, 0.25) is 5.58 Å². The summed E-state index contributed by atoms with van der Waals surface area (Å²) in [5.41, 5.74) is 2.09. The van der Waals surface area contributed by atoms with Crippen LogP contribution in [0.2, 0.25) is 0 Å². The van der Waals surface area contributed by atoms with Crippen LogP contribution in [0.25, 0.3) is 22.1 Å². The molecule has 0 radical (unpaired) electrons. The van der Waals surface area contributed by atoms with Gasteiger partial charge >= 0.3 is 0 Å². The fourth-order valence-corrected chi connectivity index (χ4v) is 3.10. The molecule has 0 aliphatic heterocycles. The lowest BCUT2D eigenvalue weighted by molar-refractivity contribution is 0.355. The van der Waals surface area contributed by atoms with Crippen LogP contribution in [-0.4, -0.2) is 31.2 Å². The first-order valence-corrected chi connectivity index (χ1v) is 8.44. The topological polar surface area (TPSA) is 80.6 Å². The number of ether oxygens (including phenoxy) is 2. The number of H-pyrrole nitrogens is 1. The number of nitrogens with zero attached hydrogens (tertiary/aromatic N) is 2. The van der Waals surface area contributed by atoms with Gasteiger partial charge in [-0.2, -0.15) is 0 Å². The molecule has 1 N–H and O–H groups in total. The molecular formula is C20H19N3O4. The van der Waals surface area contributed by atoms with Gasteiger partial charge in [-0.1, -0.05) is 12.1 Å². The largest absolute Gasteiger partial charge is 0.493 e. The highest BCUT2D eigenvalue weighted by molar-refractivity contribution is 6.01. The van der Waals surface area contributed by atoms with E-state index in [4.69, 9.17) is 13.9 Å². The van der Waals surface area contributed by atoms with Crippen LogP contribution in [-0.2, 0) is 6.54 Å². The number of methoxy groups -OCH3 is 2. The quantitative estimate of drug-likeness (QED) is 0.584. The molecule has 0 saturated carbocycles. The maximum atomic E-state index is 12.4. The van der Waals surface area contributed by atoms with Gasteiger partial charge in [-0.15, -0.1) is 0 Å². The SMILES string of the molecule is COc1ccc(N(C)Cc2nc3c(oc4ccccc43)c(=O)[nH]2)cc1OC. The number of fused-ring (bicyclic) bond motifs is 3. The molecule has 0 spiro atoms. The third-order valence-electron chi connectivity index (χ3n) is 4.47. The van der Waals surface area contributed by atoms with E-state index in [2.05, 4.69) is 9.97 Å². The molecule has 27 heavy (non-hydrogen) atoms. The van der Waals surface area contributed by atoms with Crippen molar-refractivity contribution in [2.45, 2.75) is 6.54 Å². The van der Waals surface area contributed by atoms with E-state index >= 15 is 0 Å². The van der Waals surface area contributed by atoms with Crippen LogP contribution < -0.4 is 19.9 Å². The van der Waals surface area contributed by atoms with Crippen LogP contribution in [0.5, 0.6) is 11.5 Å². The predicted octanol–water partition coefficient (Wildman–Crippen LogP) is 3.32. The second-order valence-corrected chi connectivity index (χ2v) is 6.18. The zero-order valence-corrected chi connectivity index (χ0v) is 15.3. The standard InChI is InChI=1S/C20H19N3O4/c1-23(12-8-9-15(25-2)16(10-12)26-3)11-17-21-18-13-6-4-5-7-14(13)27-19(18)20(24)22-17/h4-10H,11H2,1-3H3,(H,21,22,24). The summed E-state index contributed by atoms with van der Waals surface area (Å²) >= 11 is 0. The van der Waals surface area contributed by atoms with Crippen molar-refractivity contribution in [3.63, 3.8) is 0 Å². The molecule has 0 fully saturated rings. The third kappa shape index (κ3) is 2.97. The number of benzene rings is 2. The van der Waals surface area contributed by atoms with E-state index in [9.17, 15) is 4.79 Å². The van der Waals surface area contributed by atoms with E-state index in [-0.39, 0.29) is 11.1 Å². The normalized spacial score (nSPS) is 11.1. The average molecular weight is 365 g/mol. The molecule has 138 valence electrons. The second-order valence-electron chi connectivity index (χ2n) is 6.18. The minimum atomic E-state index is -0.285. The van der Waals surface area contributed by atoms with Crippen LogP contribution in [0.3, 0.4) is 0 Å². The Morgan fingerprint density at radius 1 is 1.11 bits per heavy atom. The highest BCUT2D eigenvalue weighted by Gasteiger charge is 2.14. The number of nitrogens with one attached hydrogen (secondary N) is 1. The van der Waals surface area contributed by atoms with E-state index in [1.54, 1.807) is 14.2 Å². The summed E-state index contributed by atoms with van der Waals surface area (Å²) in [4.78, 5) is 21.8. The summed E-state index contributed by atoms with van der Waals surface area (Å²) in [6.45, 7) is 0.417. The molecule has 0 amide bonds. The Morgan fingerprint density at radius 2 is 1.89 bits per heavy atom. The summed E-state index contributed by atoms with van der Waals surface area (Å²) in [6, 6.07) is 13.1. The Bertz CT molecular complexity index is 1180. The van der Waals surface area contributed by atoms with Gasteiger partial charge in [-0.3, -0.25) is 4.79 Å². The van der Waals surface area contributed by atoms with E-state index in [1.807, 2.05) is 54.4 Å². The van der Waals surface area contributed by atoms with Gasteiger partial charge in [0.25, 0.3) is 5.56 Å². The van der Waals surface area contributed by atoms with Crippen molar-refractivity contribution in [1.29, 1.82) is 0 Å². The molecule has 7 heteroatoms. The fraction of sp³-hybridized carbons (Fsp3) is 0.200. The first kappa shape index (κ1) is 17.0. The van der Waals surface area contributed by atoms with Crippen LogP contribution in [0.15, 0.2) is 51.7 Å². The molecule has 4 rings (SSSR count). The summed E-state index contributed by atoms with van der Waals surface area (Å²) in [5, 5.41) is 0.827. The molecule has 0 aliphatic rings. The Hall–Kier alpha value is -3.48. The smallest absolute Gasteiger partial charge is 0.294 e. The second kappa shape index (κ2) is 6.68. The van der Waals surface area contributed by atoms with Crippen molar-refractivity contribution >= 4 is 27.8 Å². The maximum absolute atomic E-state index is 12.4. The number of rotatable bonds is 5. The highest BCUT2D eigenvalue weighted by Crippen LogP contribution is 2.31. The monoisotopic (exact) mass is 365 g/mol. The molecular weight excluding hydrogens is 346 g/mol. The first-order chi connectivity index (χ1) is 13.1. The summed E-state index contributed by atoms with van der Waals surface area (Å²) in [5.74, 6) is 1.85. The zero-order valence-electron chi connectivity index (χ0n) is 15.3. The molecule has 0 saturated heterocycles. The predicted molar refractivity (Wildman–Crippen MR) is 104 cm³/mol. The minimum Gasteiger partial charge on any atom is -0.493 e. The van der Waals surface area contributed by atoms with Gasteiger partial charge in [-0.05, 0) is 24.3 Å². The zero-order chi connectivity index (χ0) is 19.0. The maximum Gasteiger partial charge on any atom is 0.294 e. The number of hydrogen-bond acceptors (Lipinski definition) is 6. The van der Waals surface area contributed by atoms with Crippen molar-refractivity contribution in [1.82, 2.24) is 9.97 Å². The van der Waals surface area contributed by atoms with Gasteiger partial charge in [0.15, 0.2) is 11.5 Å². The molecule has 2 aromatic carbocycles. The van der Waals surface area contributed by atoms with E-state index < -0.39 is 0 Å². The number of aromatic nitrogens is 2. The van der Waals surface area contributed by atoms with E-state index in [1.165, 1.54) is 0 Å². The van der Waals surface area contributed by atoms with Crippen molar-refractivity contribution in [2.75, 3.05) is 26.2 Å². The Morgan fingerprint density at radius 3 is 2.67 bits per heavy atom. The molecule has 7 nitrogen and oxygen atoms in total. The Labute approximate surface area is 155 Å². The summed E-state index contributed by atoms with van der Waals surface area (Å²) < 4.78 is 16.3. The van der Waals surface area contributed by atoms with Crippen molar-refractivity contribution < 1.29 is 13.9 Å². The van der Waals surface area contributed by atoms with Gasteiger partial charge < -0.3 is 23.8 Å². The lowest BCUT2D eigenvalue weighted by Crippen LogP contribution is -2.21. The molecule has 2 aromatic heterocycles. The van der Waals surface area contributed by atoms with E-state index in [0.29, 0.717) is 35.0 Å². The molecule has 4 aromatic rings. The lowest BCUT2D eigenvalue weighted by atomic mass is 10.2. The van der Waals surface area contributed by atoms with Crippen LogP contribution in [0.1, 0.15) is 5.82 Å². The van der Waals surface area contributed by atoms with Crippen LogP contribution in [0, 0.1) is 0 Å². The number of para-hydroxylation sites is 1. The Balaban J connectivity index is 1.71. The van der Waals surface area contributed by atoms with E-state index in [0.717, 1.165) is 11.1 Å².